The van der Waals surface area contributed by atoms with Crippen molar-refractivity contribution in [2.75, 3.05) is 16.9 Å². The molecular weight excluding hydrogens is 526 g/mol. The van der Waals surface area contributed by atoms with Gasteiger partial charge < -0.3 is 15.6 Å². The molecule has 3 atom stereocenters. The van der Waals surface area contributed by atoms with Crippen LogP contribution in [0.3, 0.4) is 0 Å². The van der Waals surface area contributed by atoms with Gasteiger partial charge in [0.2, 0.25) is 5.95 Å². The second-order valence-electron chi connectivity index (χ2n) is 10.8. The standard InChI is InChI=1S/C28H29N9O2S/c1-16-32-28(35-34-16)36-20-9-10-21(36)13-19(12-20)24-25(40(2,38)39)26(29)37-27(33-24)22(15-31-37)18-8-11-23(30-14-18)17-6-4-3-5-7-17/h3-8,11,14-15,19-21H,9-10,12-13,29H2,1-2H3,(H,32,34,35)/t19-,20+,21-. The molecule has 0 aliphatic carbocycles. The third-order valence-corrected chi connectivity index (χ3v) is 9.29. The molecule has 11 nitrogen and oxygen atoms in total. The molecule has 5 aromatic rings. The molecule has 2 saturated heterocycles. The molecule has 204 valence electrons. The van der Waals surface area contributed by atoms with Crippen LogP contribution in [0.4, 0.5) is 11.8 Å². The van der Waals surface area contributed by atoms with Crippen molar-refractivity contribution in [3.63, 3.8) is 0 Å². The number of sulfone groups is 1. The Morgan fingerprint density at radius 1 is 0.975 bits per heavy atom. The average Bonchev–Trinajstić information content (AvgIpc) is 3.63. The van der Waals surface area contributed by atoms with Crippen molar-refractivity contribution in [2.45, 2.75) is 55.5 Å². The van der Waals surface area contributed by atoms with Gasteiger partial charge in [0.15, 0.2) is 15.5 Å². The predicted molar refractivity (Wildman–Crippen MR) is 152 cm³/mol. The van der Waals surface area contributed by atoms with E-state index in [4.69, 9.17) is 10.7 Å². The number of nitrogens with one attached hydrogen (secondary N) is 1. The Hall–Kier alpha value is -4.32. The fourth-order valence-corrected chi connectivity index (χ4v) is 7.47. The van der Waals surface area contributed by atoms with Crippen LogP contribution in [-0.2, 0) is 9.84 Å². The quantitative estimate of drug-likeness (QED) is 0.330. The maximum atomic E-state index is 13.1. The molecule has 1 aromatic carbocycles. The number of pyridine rings is 1. The number of H-pyrrole nitrogens is 1. The van der Waals surface area contributed by atoms with Crippen LogP contribution in [0, 0.1) is 6.92 Å². The number of benzene rings is 1. The van der Waals surface area contributed by atoms with E-state index in [1.54, 1.807) is 12.4 Å². The van der Waals surface area contributed by atoms with Gasteiger partial charge in [-0.05, 0) is 38.7 Å². The lowest BCUT2D eigenvalue weighted by Gasteiger charge is -2.38. The molecule has 12 heteroatoms. The molecular formula is C28H29N9O2S. The molecule has 0 saturated carbocycles. The van der Waals surface area contributed by atoms with E-state index >= 15 is 0 Å². The second-order valence-corrected chi connectivity index (χ2v) is 12.7. The van der Waals surface area contributed by atoms with Gasteiger partial charge in [-0.15, -0.1) is 10.2 Å². The van der Waals surface area contributed by atoms with Gasteiger partial charge in [-0.1, -0.05) is 36.4 Å². The summed E-state index contributed by atoms with van der Waals surface area (Å²) >= 11 is 0. The van der Waals surface area contributed by atoms with Gasteiger partial charge in [0, 0.05) is 47.1 Å². The number of hydrogen-bond acceptors (Lipinski definition) is 9. The van der Waals surface area contributed by atoms with Crippen LogP contribution in [0.15, 0.2) is 59.8 Å². The van der Waals surface area contributed by atoms with Crippen molar-refractivity contribution >= 4 is 27.3 Å². The van der Waals surface area contributed by atoms with Crippen molar-refractivity contribution in [2.24, 2.45) is 0 Å². The number of hydrogen-bond donors (Lipinski definition) is 2. The lowest BCUT2D eigenvalue weighted by Crippen LogP contribution is -2.43. The number of fused-ring (bicyclic) bond motifs is 3. The molecule has 0 spiro atoms. The average molecular weight is 556 g/mol. The number of rotatable bonds is 5. The SMILES string of the molecule is Cc1nnc(N2[C@@H]3CC[C@H]2C[C@@H](c2nc4c(-c5ccc(-c6ccccc6)nc5)cnn4c(N)c2S(C)(=O)=O)C3)[nH]1. The van der Waals surface area contributed by atoms with E-state index in [1.165, 1.54) is 10.8 Å². The number of aryl methyl sites for hydroxylation is 1. The number of nitrogens with zero attached hydrogens (tertiary/aromatic N) is 7. The Labute approximate surface area is 231 Å². The molecule has 40 heavy (non-hydrogen) atoms. The van der Waals surface area contributed by atoms with Crippen LogP contribution >= 0.6 is 0 Å². The Morgan fingerprint density at radius 2 is 1.73 bits per heavy atom. The highest BCUT2D eigenvalue weighted by Crippen LogP contribution is 2.46. The first-order valence-corrected chi connectivity index (χ1v) is 15.2. The number of aromatic nitrogens is 7. The third-order valence-electron chi connectivity index (χ3n) is 8.13. The summed E-state index contributed by atoms with van der Waals surface area (Å²) < 4.78 is 27.6. The van der Waals surface area contributed by atoms with Crippen LogP contribution in [-0.4, -0.2) is 61.5 Å². The van der Waals surface area contributed by atoms with Crippen molar-refractivity contribution < 1.29 is 8.42 Å². The zero-order valence-corrected chi connectivity index (χ0v) is 23.0. The third kappa shape index (κ3) is 4.01. The maximum Gasteiger partial charge on any atom is 0.225 e. The molecule has 6 heterocycles. The van der Waals surface area contributed by atoms with Crippen LogP contribution in [0.5, 0.6) is 0 Å². The lowest BCUT2D eigenvalue weighted by molar-refractivity contribution is 0.400. The van der Waals surface area contributed by atoms with Gasteiger partial charge in [0.05, 0.1) is 17.6 Å². The highest BCUT2D eigenvalue weighted by molar-refractivity contribution is 7.91. The predicted octanol–water partition coefficient (Wildman–Crippen LogP) is 3.79. The van der Waals surface area contributed by atoms with Crippen molar-refractivity contribution in [3.8, 4) is 22.4 Å². The van der Waals surface area contributed by atoms with Gasteiger partial charge >= 0.3 is 0 Å². The summed E-state index contributed by atoms with van der Waals surface area (Å²) in [4.78, 5) is 15.3. The Bertz CT molecular complexity index is 1820. The summed E-state index contributed by atoms with van der Waals surface area (Å²) in [6.07, 6.45) is 8.16. The van der Waals surface area contributed by atoms with E-state index in [0.717, 1.165) is 59.8 Å². The molecule has 0 radical (unpaired) electrons. The van der Waals surface area contributed by atoms with E-state index in [-0.39, 0.29) is 28.7 Å². The first kappa shape index (κ1) is 24.7. The molecule has 2 aliphatic heterocycles. The van der Waals surface area contributed by atoms with E-state index in [0.29, 0.717) is 11.3 Å². The van der Waals surface area contributed by atoms with Gasteiger partial charge in [-0.2, -0.15) is 9.61 Å². The van der Waals surface area contributed by atoms with Gasteiger partial charge in [-0.25, -0.2) is 13.4 Å². The summed E-state index contributed by atoms with van der Waals surface area (Å²) in [5.74, 6) is 1.56. The number of anilines is 2. The maximum absolute atomic E-state index is 13.1. The second kappa shape index (κ2) is 9.12. The van der Waals surface area contributed by atoms with Crippen LogP contribution in [0.25, 0.3) is 28.0 Å². The van der Waals surface area contributed by atoms with Crippen molar-refractivity contribution in [1.82, 2.24) is 34.8 Å². The molecule has 0 amide bonds. The number of aromatic amines is 1. The van der Waals surface area contributed by atoms with E-state index < -0.39 is 9.84 Å². The summed E-state index contributed by atoms with van der Waals surface area (Å²) in [6, 6.07) is 14.3. The minimum absolute atomic E-state index is 0.0700. The Morgan fingerprint density at radius 3 is 2.35 bits per heavy atom. The van der Waals surface area contributed by atoms with Crippen LogP contribution in [0.1, 0.15) is 43.1 Å². The summed E-state index contributed by atoms with van der Waals surface area (Å²) in [7, 11) is -3.68. The topological polar surface area (TPSA) is 148 Å². The highest BCUT2D eigenvalue weighted by atomic mass is 32.2. The molecule has 3 N–H and O–H groups in total. The monoisotopic (exact) mass is 555 g/mol. The molecule has 2 aliphatic rings. The summed E-state index contributed by atoms with van der Waals surface area (Å²) in [5, 5.41) is 12.9. The minimum Gasteiger partial charge on any atom is -0.382 e. The van der Waals surface area contributed by atoms with Crippen LogP contribution < -0.4 is 10.6 Å². The highest BCUT2D eigenvalue weighted by Gasteiger charge is 2.44. The zero-order valence-electron chi connectivity index (χ0n) is 22.2. The fourth-order valence-electron chi connectivity index (χ4n) is 6.41. The first-order chi connectivity index (χ1) is 19.3. The zero-order chi connectivity index (χ0) is 27.6. The smallest absolute Gasteiger partial charge is 0.225 e. The summed E-state index contributed by atoms with van der Waals surface area (Å²) in [6.45, 7) is 1.89. The number of nitrogen functional groups attached to an aromatic ring is 1. The molecule has 4 aromatic heterocycles. The van der Waals surface area contributed by atoms with Crippen molar-refractivity contribution in [3.05, 3.63) is 66.4 Å². The first-order valence-electron chi connectivity index (χ1n) is 13.3. The van der Waals surface area contributed by atoms with Gasteiger partial charge in [-0.3, -0.25) is 4.98 Å². The van der Waals surface area contributed by atoms with E-state index in [9.17, 15) is 8.42 Å². The largest absolute Gasteiger partial charge is 0.382 e. The number of nitrogens with two attached hydrogens (primary N) is 1. The lowest BCUT2D eigenvalue weighted by atomic mass is 9.88. The van der Waals surface area contributed by atoms with Crippen molar-refractivity contribution in [1.29, 1.82) is 0 Å². The normalized spacial score (nSPS) is 20.9. The Balaban J connectivity index is 1.30. The molecule has 0 unspecified atom stereocenters. The van der Waals surface area contributed by atoms with Gasteiger partial charge in [0.25, 0.3) is 0 Å². The minimum atomic E-state index is -3.68. The number of piperidine rings is 1. The molecule has 7 rings (SSSR count). The van der Waals surface area contributed by atoms with Gasteiger partial charge in [0.1, 0.15) is 16.5 Å². The van der Waals surface area contributed by atoms with E-state index in [1.807, 2.05) is 49.4 Å². The summed E-state index contributed by atoms with van der Waals surface area (Å²) in [5.41, 5.74) is 11.0. The molecule has 2 bridgehead atoms. The Kier molecular flexibility index (Phi) is 5.63. The van der Waals surface area contributed by atoms with Crippen LogP contribution in [0.2, 0.25) is 0 Å². The molecule has 2 fully saturated rings. The fraction of sp³-hybridized carbons (Fsp3) is 0.321. The van der Waals surface area contributed by atoms with E-state index in [2.05, 4.69) is 30.2 Å².